The maximum absolute atomic E-state index is 9.35. The highest BCUT2D eigenvalue weighted by Crippen LogP contribution is 2.23. The lowest BCUT2D eigenvalue weighted by Crippen LogP contribution is -1.98. The van der Waals surface area contributed by atoms with Gasteiger partial charge in [0.1, 0.15) is 0 Å². The van der Waals surface area contributed by atoms with Crippen molar-refractivity contribution in [2.45, 2.75) is 6.10 Å². The normalized spacial score (nSPS) is 13.0. The third-order valence-corrected chi connectivity index (χ3v) is 2.42. The predicted octanol–water partition coefficient (Wildman–Crippen LogP) is 2.72. The minimum absolute atomic E-state index is 0.225. The Hall–Kier alpha value is -0.0500. The summed E-state index contributed by atoms with van der Waals surface area (Å²) in [5.74, 6) is 0.225. The molecule has 1 atom stereocenters. The lowest BCUT2D eigenvalue weighted by molar-refractivity contribution is 0.202. The van der Waals surface area contributed by atoms with Crippen LogP contribution in [-0.4, -0.2) is 11.0 Å². The van der Waals surface area contributed by atoms with Gasteiger partial charge in [0.25, 0.3) is 0 Å². The molecule has 0 amide bonds. The Balaban J connectivity index is 2.93. The van der Waals surface area contributed by atoms with Crippen LogP contribution < -0.4 is 0 Å². The first kappa shape index (κ1) is 9.04. The van der Waals surface area contributed by atoms with Crippen molar-refractivity contribution < 1.29 is 5.11 Å². The summed E-state index contributed by atoms with van der Waals surface area (Å²) >= 11 is 8.81. The van der Waals surface area contributed by atoms with Gasteiger partial charge in [-0.1, -0.05) is 34.1 Å². The second-order valence-corrected chi connectivity index (χ2v) is 3.35. The molecule has 0 bridgehead atoms. The van der Waals surface area contributed by atoms with Crippen molar-refractivity contribution in [2.24, 2.45) is 0 Å². The molecule has 0 aliphatic rings. The second-order valence-electron chi connectivity index (χ2n) is 2.19. The lowest BCUT2D eigenvalue weighted by Gasteiger charge is -2.08. The zero-order chi connectivity index (χ0) is 8.27. The number of benzene rings is 1. The third-order valence-electron chi connectivity index (χ3n) is 1.41. The number of hydrogen-bond acceptors (Lipinski definition) is 1. The first-order valence-corrected chi connectivity index (χ1v) is 4.57. The number of rotatable bonds is 2. The molecule has 3 heteroatoms. The van der Waals surface area contributed by atoms with E-state index < -0.39 is 6.10 Å². The Morgan fingerprint density at radius 2 is 2.09 bits per heavy atom. The molecule has 0 radical (unpaired) electrons. The number of alkyl halides is 1. The Morgan fingerprint density at radius 3 is 2.64 bits per heavy atom. The molecule has 1 nitrogen and oxygen atoms in total. The van der Waals surface area contributed by atoms with Crippen LogP contribution in [0.25, 0.3) is 0 Å². The molecule has 0 fully saturated rings. The van der Waals surface area contributed by atoms with E-state index in [0.29, 0.717) is 0 Å². The molecule has 1 rings (SSSR count). The molecular formula is C8H8BrClO. The molecule has 0 heterocycles. The van der Waals surface area contributed by atoms with Gasteiger partial charge < -0.3 is 5.11 Å². The highest BCUT2D eigenvalue weighted by Gasteiger charge is 2.07. The molecule has 0 aliphatic heterocycles. The minimum Gasteiger partial charge on any atom is -0.387 e. The van der Waals surface area contributed by atoms with Crippen LogP contribution >= 0.6 is 27.5 Å². The maximum Gasteiger partial charge on any atom is 0.0936 e. The number of hydrogen-bond donors (Lipinski definition) is 1. The van der Waals surface area contributed by atoms with Gasteiger partial charge in [-0.25, -0.2) is 0 Å². The molecule has 1 aromatic carbocycles. The van der Waals surface area contributed by atoms with E-state index in [-0.39, 0.29) is 5.88 Å². The number of halogens is 2. The van der Waals surface area contributed by atoms with Crippen LogP contribution in [0.4, 0.5) is 0 Å². The van der Waals surface area contributed by atoms with Crippen molar-refractivity contribution >= 4 is 27.5 Å². The van der Waals surface area contributed by atoms with E-state index in [2.05, 4.69) is 15.9 Å². The summed E-state index contributed by atoms with van der Waals surface area (Å²) in [4.78, 5) is 0. The summed E-state index contributed by atoms with van der Waals surface area (Å²) in [7, 11) is 0. The van der Waals surface area contributed by atoms with Gasteiger partial charge in [0.2, 0.25) is 0 Å². The fourth-order valence-corrected chi connectivity index (χ4v) is 1.54. The Labute approximate surface area is 79.1 Å². The minimum atomic E-state index is -0.577. The average Bonchev–Trinajstić information content (AvgIpc) is 2.04. The van der Waals surface area contributed by atoms with Gasteiger partial charge in [-0.05, 0) is 11.6 Å². The average molecular weight is 236 g/mol. The van der Waals surface area contributed by atoms with E-state index in [4.69, 9.17) is 11.6 Å². The zero-order valence-corrected chi connectivity index (χ0v) is 8.14. The van der Waals surface area contributed by atoms with Gasteiger partial charge in [-0.3, -0.25) is 0 Å². The summed E-state index contributed by atoms with van der Waals surface area (Å²) in [6, 6.07) is 7.49. The molecular weight excluding hydrogens is 227 g/mol. The molecule has 0 saturated heterocycles. The van der Waals surface area contributed by atoms with Gasteiger partial charge >= 0.3 is 0 Å². The molecule has 0 unspecified atom stereocenters. The summed E-state index contributed by atoms with van der Waals surface area (Å²) < 4.78 is 0.896. The van der Waals surface area contributed by atoms with Gasteiger partial charge in [0.05, 0.1) is 12.0 Å². The summed E-state index contributed by atoms with van der Waals surface area (Å²) in [5, 5.41) is 9.35. The largest absolute Gasteiger partial charge is 0.387 e. The quantitative estimate of drug-likeness (QED) is 0.782. The summed E-state index contributed by atoms with van der Waals surface area (Å²) in [5.41, 5.74) is 0.836. The lowest BCUT2D eigenvalue weighted by atomic mass is 10.1. The Kier molecular flexibility index (Phi) is 3.37. The van der Waals surface area contributed by atoms with Crippen LogP contribution in [-0.2, 0) is 0 Å². The van der Waals surface area contributed by atoms with Gasteiger partial charge in [-0.2, -0.15) is 0 Å². The van der Waals surface area contributed by atoms with E-state index in [0.717, 1.165) is 10.0 Å². The molecule has 0 aliphatic carbocycles. The number of aliphatic hydroxyl groups excluding tert-OH is 1. The maximum atomic E-state index is 9.35. The van der Waals surface area contributed by atoms with Crippen molar-refractivity contribution in [1.82, 2.24) is 0 Å². The zero-order valence-electron chi connectivity index (χ0n) is 5.80. The third kappa shape index (κ3) is 2.19. The van der Waals surface area contributed by atoms with E-state index >= 15 is 0 Å². The van der Waals surface area contributed by atoms with Crippen LogP contribution in [0.1, 0.15) is 11.7 Å². The van der Waals surface area contributed by atoms with Crippen LogP contribution in [0.15, 0.2) is 28.7 Å². The van der Waals surface area contributed by atoms with E-state index in [1.807, 2.05) is 24.3 Å². The summed E-state index contributed by atoms with van der Waals surface area (Å²) in [6.45, 7) is 0. The molecule has 60 valence electrons. The Morgan fingerprint density at radius 1 is 1.45 bits per heavy atom. The molecule has 1 aromatic rings. The van der Waals surface area contributed by atoms with Crippen LogP contribution in [0.3, 0.4) is 0 Å². The van der Waals surface area contributed by atoms with Crippen molar-refractivity contribution in [2.75, 3.05) is 5.88 Å². The van der Waals surface area contributed by atoms with Crippen LogP contribution in [0.5, 0.6) is 0 Å². The van der Waals surface area contributed by atoms with Gasteiger partial charge in [0, 0.05) is 4.47 Å². The van der Waals surface area contributed by atoms with Crippen molar-refractivity contribution in [3.63, 3.8) is 0 Å². The standard InChI is InChI=1S/C8H8BrClO/c9-7-4-2-1-3-6(7)8(11)5-10/h1-4,8,11H,5H2/t8-/m0/s1. The fourth-order valence-electron chi connectivity index (χ4n) is 0.828. The predicted molar refractivity (Wildman–Crippen MR) is 49.8 cm³/mol. The first-order valence-electron chi connectivity index (χ1n) is 3.24. The number of aliphatic hydroxyl groups is 1. The van der Waals surface area contributed by atoms with E-state index in [9.17, 15) is 5.11 Å². The fraction of sp³-hybridized carbons (Fsp3) is 0.250. The molecule has 0 aromatic heterocycles. The molecule has 0 spiro atoms. The Bertz CT molecular complexity index is 239. The SMILES string of the molecule is O[C@@H](CCl)c1ccccc1Br. The highest BCUT2D eigenvalue weighted by atomic mass is 79.9. The van der Waals surface area contributed by atoms with Gasteiger partial charge in [-0.15, -0.1) is 11.6 Å². The van der Waals surface area contributed by atoms with E-state index in [1.165, 1.54) is 0 Å². The van der Waals surface area contributed by atoms with Gasteiger partial charge in [0.15, 0.2) is 0 Å². The molecule has 11 heavy (non-hydrogen) atoms. The molecule has 0 saturated carbocycles. The van der Waals surface area contributed by atoms with Crippen LogP contribution in [0.2, 0.25) is 0 Å². The monoisotopic (exact) mass is 234 g/mol. The van der Waals surface area contributed by atoms with Crippen molar-refractivity contribution in [3.8, 4) is 0 Å². The van der Waals surface area contributed by atoms with Crippen molar-refractivity contribution in [3.05, 3.63) is 34.3 Å². The van der Waals surface area contributed by atoms with Crippen molar-refractivity contribution in [1.29, 1.82) is 0 Å². The highest BCUT2D eigenvalue weighted by molar-refractivity contribution is 9.10. The second kappa shape index (κ2) is 4.10. The smallest absolute Gasteiger partial charge is 0.0936 e. The summed E-state index contributed by atoms with van der Waals surface area (Å²) in [6.07, 6.45) is -0.577. The van der Waals surface area contributed by atoms with Crippen LogP contribution in [0, 0.1) is 0 Å². The first-order chi connectivity index (χ1) is 5.25. The van der Waals surface area contributed by atoms with E-state index in [1.54, 1.807) is 0 Å². The topological polar surface area (TPSA) is 20.2 Å². The molecule has 1 N–H and O–H groups in total.